The second-order valence-corrected chi connectivity index (χ2v) is 5.22. The summed E-state index contributed by atoms with van der Waals surface area (Å²) in [6.07, 6.45) is 0. The van der Waals surface area contributed by atoms with E-state index in [1.165, 1.54) is 6.07 Å². The van der Waals surface area contributed by atoms with Crippen LogP contribution in [0, 0.1) is 0 Å². The summed E-state index contributed by atoms with van der Waals surface area (Å²) in [7, 11) is 0. The number of carbonyl (C=O) groups excluding carboxylic acids is 1. The third-order valence-electron chi connectivity index (χ3n) is 3.64. The Hall–Kier alpha value is -3.14. The molecule has 0 saturated heterocycles. The number of fused-ring (bicyclic) bond motifs is 1. The summed E-state index contributed by atoms with van der Waals surface area (Å²) in [6.45, 7) is 1.83. The summed E-state index contributed by atoms with van der Waals surface area (Å²) in [5, 5.41) is 16.1. The number of hydrogen-bond acceptors (Lipinski definition) is 3. The molecule has 3 aromatic rings. The largest absolute Gasteiger partial charge is 0.507 e. The van der Waals surface area contributed by atoms with Crippen molar-refractivity contribution >= 4 is 22.4 Å². The highest BCUT2D eigenvalue weighted by molar-refractivity contribution is 6.03. The Balaban J connectivity index is 1.81. The van der Waals surface area contributed by atoms with Gasteiger partial charge in [0.05, 0.1) is 11.3 Å². The molecule has 0 aliphatic heterocycles. The Morgan fingerprint density at radius 2 is 1.65 bits per heavy atom. The maximum atomic E-state index is 12.0. The molecule has 0 heterocycles. The molecule has 23 heavy (non-hydrogen) atoms. The topological polar surface area (TPSA) is 61.7 Å². The van der Waals surface area contributed by atoms with E-state index in [0.717, 1.165) is 16.3 Å². The van der Waals surface area contributed by atoms with E-state index in [0.29, 0.717) is 5.71 Å². The molecule has 1 amide bonds. The summed E-state index contributed by atoms with van der Waals surface area (Å²) in [4.78, 5) is 12.0. The van der Waals surface area contributed by atoms with Crippen LogP contribution < -0.4 is 5.43 Å². The van der Waals surface area contributed by atoms with Crippen LogP contribution in [0.1, 0.15) is 22.8 Å². The lowest BCUT2D eigenvalue weighted by Gasteiger charge is -2.05. The van der Waals surface area contributed by atoms with Crippen LogP contribution in [0.25, 0.3) is 10.8 Å². The van der Waals surface area contributed by atoms with Crippen molar-refractivity contribution in [3.05, 3.63) is 77.9 Å². The molecular formula is C19H16N2O2. The SMILES string of the molecule is C/C(=N\NC(=O)c1ccccc1O)c1ccc2ccccc2c1. The van der Waals surface area contributed by atoms with Crippen LogP contribution in [0.5, 0.6) is 5.75 Å². The fraction of sp³-hybridized carbons (Fsp3) is 0.0526. The van der Waals surface area contributed by atoms with E-state index in [9.17, 15) is 9.90 Å². The number of para-hydroxylation sites is 1. The summed E-state index contributed by atoms with van der Waals surface area (Å²) in [6, 6.07) is 20.4. The molecule has 3 rings (SSSR count). The van der Waals surface area contributed by atoms with E-state index < -0.39 is 5.91 Å². The van der Waals surface area contributed by atoms with E-state index in [1.54, 1.807) is 18.2 Å². The Morgan fingerprint density at radius 1 is 0.957 bits per heavy atom. The molecule has 0 aliphatic carbocycles. The maximum absolute atomic E-state index is 12.0. The van der Waals surface area contributed by atoms with E-state index in [2.05, 4.69) is 10.5 Å². The fourth-order valence-electron chi connectivity index (χ4n) is 2.34. The summed E-state index contributed by atoms with van der Waals surface area (Å²) >= 11 is 0. The van der Waals surface area contributed by atoms with Gasteiger partial charge in [-0.15, -0.1) is 0 Å². The zero-order chi connectivity index (χ0) is 16.2. The highest BCUT2D eigenvalue weighted by atomic mass is 16.3. The van der Waals surface area contributed by atoms with Crippen molar-refractivity contribution in [3.63, 3.8) is 0 Å². The molecule has 0 fully saturated rings. The van der Waals surface area contributed by atoms with Gasteiger partial charge in [-0.3, -0.25) is 4.79 Å². The van der Waals surface area contributed by atoms with Crippen LogP contribution in [0.4, 0.5) is 0 Å². The van der Waals surface area contributed by atoms with Crippen LogP contribution >= 0.6 is 0 Å². The van der Waals surface area contributed by atoms with Gasteiger partial charge in [0, 0.05) is 0 Å². The molecule has 2 N–H and O–H groups in total. The lowest BCUT2D eigenvalue weighted by Crippen LogP contribution is -2.19. The van der Waals surface area contributed by atoms with Crippen molar-refractivity contribution in [1.29, 1.82) is 0 Å². The third-order valence-corrected chi connectivity index (χ3v) is 3.64. The number of phenols is 1. The van der Waals surface area contributed by atoms with Crippen LogP contribution in [-0.4, -0.2) is 16.7 Å². The van der Waals surface area contributed by atoms with Gasteiger partial charge in [-0.05, 0) is 41.5 Å². The van der Waals surface area contributed by atoms with E-state index >= 15 is 0 Å². The molecule has 0 aromatic heterocycles. The average molecular weight is 304 g/mol. The van der Waals surface area contributed by atoms with Crippen LogP contribution in [-0.2, 0) is 0 Å². The second kappa shape index (κ2) is 6.32. The number of aromatic hydroxyl groups is 1. The first-order valence-electron chi connectivity index (χ1n) is 7.27. The summed E-state index contributed by atoms with van der Waals surface area (Å²) in [5.74, 6) is -0.508. The van der Waals surface area contributed by atoms with Crippen LogP contribution in [0.3, 0.4) is 0 Å². The van der Waals surface area contributed by atoms with E-state index in [-0.39, 0.29) is 11.3 Å². The van der Waals surface area contributed by atoms with Crippen molar-refractivity contribution < 1.29 is 9.90 Å². The van der Waals surface area contributed by atoms with Gasteiger partial charge in [0.1, 0.15) is 5.75 Å². The first kappa shape index (κ1) is 14.8. The number of nitrogens with one attached hydrogen (secondary N) is 1. The monoisotopic (exact) mass is 304 g/mol. The second-order valence-electron chi connectivity index (χ2n) is 5.22. The van der Waals surface area contributed by atoms with Crippen LogP contribution in [0.15, 0.2) is 71.8 Å². The molecule has 0 bridgehead atoms. The fourth-order valence-corrected chi connectivity index (χ4v) is 2.34. The standard InChI is InChI=1S/C19H16N2O2/c1-13(15-11-10-14-6-2-3-7-16(14)12-15)20-21-19(23)17-8-4-5-9-18(17)22/h2-12,22H,1H3,(H,21,23)/b20-13+. The van der Waals surface area contributed by atoms with Crippen molar-refractivity contribution in [2.45, 2.75) is 6.92 Å². The lowest BCUT2D eigenvalue weighted by molar-refractivity contribution is 0.0952. The Kier molecular flexibility index (Phi) is 4.06. The molecule has 3 aromatic carbocycles. The number of amides is 1. The quantitative estimate of drug-likeness (QED) is 0.572. The minimum absolute atomic E-state index is 0.0661. The normalized spacial score (nSPS) is 11.4. The number of phenolic OH excluding ortho intramolecular Hbond substituents is 1. The first-order chi connectivity index (χ1) is 11.1. The van der Waals surface area contributed by atoms with Gasteiger partial charge in [0.15, 0.2) is 0 Å². The molecule has 0 aliphatic rings. The number of nitrogens with zero attached hydrogens (tertiary/aromatic N) is 1. The van der Waals surface area contributed by atoms with Gasteiger partial charge in [0.25, 0.3) is 5.91 Å². The van der Waals surface area contributed by atoms with Gasteiger partial charge >= 0.3 is 0 Å². The van der Waals surface area contributed by atoms with Crippen molar-refractivity contribution in [3.8, 4) is 5.75 Å². The molecule has 0 saturated carbocycles. The minimum atomic E-state index is -0.441. The molecule has 4 heteroatoms. The van der Waals surface area contributed by atoms with Crippen molar-refractivity contribution in [2.24, 2.45) is 5.10 Å². The molecule has 0 radical (unpaired) electrons. The van der Waals surface area contributed by atoms with Gasteiger partial charge in [-0.1, -0.05) is 48.5 Å². The van der Waals surface area contributed by atoms with Gasteiger partial charge in [-0.2, -0.15) is 5.10 Å². The smallest absolute Gasteiger partial charge is 0.275 e. The maximum Gasteiger partial charge on any atom is 0.275 e. The Morgan fingerprint density at radius 3 is 2.43 bits per heavy atom. The van der Waals surface area contributed by atoms with E-state index in [1.807, 2.05) is 49.4 Å². The number of benzene rings is 3. The average Bonchev–Trinajstić information content (AvgIpc) is 2.59. The molecule has 0 spiro atoms. The van der Waals surface area contributed by atoms with Gasteiger partial charge in [0.2, 0.25) is 0 Å². The summed E-state index contributed by atoms with van der Waals surface area (Å²) in [5.41, 5.74) is 4.30. The molecule has 4 nitrogen and oxygen atoms in total. The van der Waals surface area contributed by atoms with Crippen LogP contribution in [0.2, 0.25) is 0 Å². The molecular weight excluding hydrogens is 288 g/mol. The molecule has 0 unspecified atom stereocenters. The predicted octanol–water partition coefficient (Wildman–Crippen LogP) is 3.70. The Labute approximate surface area is 134 Å². The molecule has 0 atom stereocenters. The van der Waals surface area contributed by atoms with Crippen molar-refractivity contribution in [2.75, 3.05) is 0 Å². The highest BCUT2D eigenvalue weighted by Gasteiger charge is 2.09. The van der Waals surface area contributed by atoms with Gasteiger partial charge < -0.3 is 5.11 Å². The number of carbonyl (C=O) groups is 1. The number of hydrazone groups is 1. The lowest BCUT2D eigenvalue weighted by atomic mass is 10.0. The van der Waals surface area contributed by atoms with Crippen molar-refractivity contribution in [1.82, 2.24) is 5.43 Å². The number of rotatable bonds is 3. The minimum Gasteiger partial charge on any atom is -0.507 e. The predicted molar refractivity (Wildman–Crippen MR) is 91.7 cm³/mol. The van der Waals surface area contributed by atoms with Gasteiger partial charge in [-0.25, -0.2) is 5.43 Å². The zero-order valence-electron chi connectivity index (χ0n) is 12.7. The first-order valence-corrected chi connectivity index (χ1v) is 7.27. The third kappa shape index (κ3) is 3.21. The number of hydrogen-bond donors (Lipinski definition) is 2. The zero-order valence-corrected chi connectivity index (χ0v) is 12.7. The Bertz CT molecular complexity index is 901. The highest BCUT2D eigenvalue weighted by Crippen LogP contribution is 2.17. The summed E-state index contributed by atoms with van der Waals surface area (Å²) < 4.78 is 0. The van der Waals surface area contributed by atoms with E-state index in [4.69, 9.17) is 0 Å². The molecule has 114 valence electrons.